The van der Waals surface area contributed by atoms with Gasteiger partial charge in [-0.3, -0.25) is 9.59 Å². The van der Waals surface area contributed by atoms with E-state index in [1.807, 2.05) is 38.1 Å². The first-order valence-corrected chi connectivity index (χ1v) is 9.25. The van der Waals surface area contributed by atoms with E-state index in [9.17, 15) is 9.59 Å². The quantitative estimate of drug-likeness (QED) is 0.654. The number of benzene rings is 1. The number of unbranched alkanes of at least 4 members (excludes halogenated alkanes) is 2. The Labute approximate surface area is 155 Å². The fourth-order valence-electron chi connectivity index (χ4n) is 2.71. The van der Waals surface area contributed by atoms with Crippen molar-refractivity contribution in [3.05, 3.63) is 54.0 Å². The Kier molecular flexibility index (Phi) is 7.45. The number of hydrogen-bond acceptors (Lipinski definition) is 3. The third kappa shape index (κ3) is 5.76. The van der Waals surface area contributed by atoms with Gasteiger partial charge in [0.15, 0.2) is 5.76 Å². The molecule has 0 aliphatic heterocycles. The number of furan rings is 1. The summed E-state index contributed by atoms with van der Waals surface area (Å²) in [5.41, 5.74) is 2.00. The summed E-state index contributed by atoms with van der Waals surface area (Å²) in [5, 5.41) is 5.62. The smallest absolute Gasteiger partial charge is 0.287 e. The zero-order valence-electron chi connectivity index (χ0n) is 15.7. The fraction of sp³-hybridized carbons (Fsp3) is 0.429. The number of carbonyl (C=O) groups excluding carboxylic acids is 2. The monoisotopic (exact) mass is 356 g/mol. The first-order valence-electron chi connectivity index (χ1n) is 9.25. The van der Waals surface area contributed by atoms with Gasteiger partial charge in [-0.25, -0.2) is 0 Å². The summed E-state index contributed by atoms with van der Waals surface area (Å²) < 4.78 is 5.08. The second-order valence-electron chi connectivity index (χ2n) is 6.82. The van der Waals surface area contributed by atoms with E-state index in [1.54, 1.807) is 12.1 Å². The SMILES string of the molecule is CCCCCc1ccc(NC(=O)C(NC(=O)c2ccco2)C(C)C)cc1. The fourth-order valence-corrected chi connectivity index (χ4v) is 2.71. The molecule has 1 aromatic carbocycles. The molecule has 2 rings (SSSR count). The van der Waals surface area contributed by atoms with Gasteiger partial charge >= 0.3 is 0 Å². The lowest BCUT2D eigenvalue weighted by molar-refractivity contribution is -0.118. The van der Waals surface area contributed by atoms with Gasteiger partial charge in [-0.05, 0) is 48.6 Å². The first kappa shape index (κ1) is 19.8. The van der Waals surface area contributed by atoms with Gasteiger partial charge in [0, 0.05) is 5.69 Å². The van der Waals surface area contributed by atoms with Crippen LogP contribution in [0.3, 0.4) is 0 Å². The number of amides is 2. The molecule has 0 aliphatic rings. The van der Waals surface area contributed by atoms with Gasteiger partial charge in [0.1, 0.15) is 6.04 Å². The molecular formula is C21H28N2O3. The lowest BCUT2D eigenvalue weighted by atomic mass is 10.0. The van der Waals surface area contributed by atoms with Crippen molar-refractivity contribution in [1.82, 2.24) is 5.32 Å². The van der Waals surface area contributed by atoms with E-state index in [-0.39, 0.29) is 17.6 Å². The van der Waals surface area contributed by atoms with Crippen LogP contribution in [0.15, 0.2) is 47.1 Å². The maximum atomic E-state index is 12.6. The third-order valence-corrected chi connectivity index (χ3v) is 4.27. The summed E-state index contributed by atoms with van der Waals surface area (Å²) in [7, 11) is 0. The molecule has 5 nitrogen and oxygen atoms in total. The Hall–Kier alpha value is -2.56. The van der Waals surface area contributed by atoms with Crippen LogP contribution in [0.25, 0.3) is 0 Å². The number of rotatable bonds is 9. The van der Waals surface area contributed by atoms with Crippen molar-refractivity contribution in [2.75, 3.05) is 5.32 Å². The average Bonchev–Trinajstić information content (AvgIpc) is 3.15. The van der Waals surface area contributed by atoms with Crippen molar-refractivity contribution in [2.24, 2.45) is 5.92 Å². The van der Waals surface area contributed by atoms with Crippen molar-refractivity contribution in [3.63, 3.8) is 0 Å². The number of nitrogens with one attached hydrogen (secondary N) is 2. The minimum atomic E-state index is -0.642. The molecule has 2 amide bonds. The summed E-state index contributed by atoms with van der Waals surface area (Å²) in [6.45, 7) is 5.97. The summed E-state index contributed by atoms with van der Waals surface area (Å²) in [6.07, 6.45) is 6.09. The molecule has 1 heterocycles. The summed E-state index contributed by atoms with van der Waals surface area (Å²) in [5.74, 6) is -0.490. The van der Waals surface area contributed by atoms with Gasteiger partial charge in [-0.1, -0.05) is 45.7 Å². The second-order valence-corrected chi connectivity index (χ2v) is 6.82. The maximum absolute atomic E-state index is 12.6. The van der Waals surface area contributed by atoms with Crippen LogP contribution in [0.5, 0.6) is 0 Å². The number of carbonyl (C=O) groups is 2. The van der Waals surface area contributed by atoms with Crippen LogP contribution in [-0.2, 0) is 11.2 Å². The standard InChI is InChI=1S/C21H28N2O3/c1-4-5-6-8-16-10-12-17(13-11-16)22-21(25)19(15(2)3)23-20(24)18-9-7-14-26-18/h7,9-15,19H,4-6,8H2,1-3H3,(H,22,25)(H,23,24). The molecule has 2 aromatic rings. The second kappa shape index (κ2) is 9.80. The van der Waals surface area contributed by atoms with Crippen LogP contribution in [0.2, 0.25) is 0 Å². The molecule has 0 fully saturated rings. The summed E-state index contributed by atoms with van der Waals surface area (Å²) in [4.78, 5) is 24.8. The molecule has 1 aromatic heterocycles. The lowest BCUT2D eigenvalue weighted by Gasteiger charge is -2.21. The molecule has 5 heteroatoms. The van der Waals surface area contributed by atoms with Crippen LogP contribution >= 0.6 is 0 Å². The molecule has 0 bridgehead atoms. The predicted octanol–water partition coefficient (Wildman–Crippen LogP) is 4.41. The Morgan fingerprint density at radius 3 is 2.38 bits per heavy atom. The van der Waals surface area contributed by atoms with Crippen LogP contribution in [0.4, 0.5) is 5.69 Å². The Morgan fingerprint density at radius 2 is 1.81 bits per heavy atom. The van der Waals surface area contributed by atoms with Gasteiger partial charge in [0.2, 0.25) is 5.91 Å². The average molecular weight is 356 g/mol. The minimum Gasteiger partial charge on any atom is -0.459 e. The zero-order valence-corrected chi connectivity index (χ0v) is 15.7. The van der Waals surface area contributed by atoms with E-state index in [0.29, 0.717) is 0 Å². The molecule has 140 valence electrons. The molecule has 0 spiro atoms. The highest BCUT2D eigenvalue weighted by Crippen LogP contribution is 2.14. The van der Waals surface area contributed by atoms with E-state index < -0.39 is 11.9 Å². The van der Waals surface area contributed by atoms with Crippen molar-refractivity contribution in [1.29, 1.82) is 0 Å². The third-order valence-electron chi connectivity index (χ3n) is 4.27. The Morgan fingerprint density at radius 1 is 1.08 bits per heavy atom. The molecule has 1 unspecified atom stereocenters. The Bertz CT molecular complexity index is 691. The summed E-state index contributed by atoms with van der Waals surface area (Å²) in [6, 6.07) is 10.5. The van der Waals surface area contributed by atoms with Crippen LogP contribution in [0.1, 0.15) is 56.2 Å². The van der Waals surface area contributed by atoms with Crippen molar-refractivity contribution in [3.8, 4) is 0 Å². The topological polar surface area (TPSA) is 71.3 Å². The van der Waals surface area contributed by atoms with Crippen LogP contribution < -0.4 is 10.6 Å². The molecule has 0 saturated heterocycles. The van der Waals surface area contributed by atoms with Crippen molar-refractivity contribution >= 4 is 17.5 Å². The lowest BCUT2D eigenvalue weighted by Crippen LogP contribution is -2.47. The van der Waals surface area contributed by atoms with Crippen LogP contribution in [-0.4, -0.2) is 17.9 Å². The molecule has 0 aliphatic carbocycles. The highest BCUT2D eigenvalue weighted by Gasteiger charge is 2.25. The molecular weight excluding hydrogens is 328 g/mol. The van der Waals surface area contributed by atoms with Crippen molar-refractivity contribution in [2.45, 2.75) is 52.5 Å². The van der Waals surface area contributed by atoms with E-state index in [1.165, 1.54) is 31.1 Å². The zero-order chi connectivity index (χ0) is 18.9. The molecule has 0 radical (unpaired) electrons. The van der Waals surface area contributed by atoms with Gasteiger partial charge in [0.25, 0.3) is 5.91 Å². The highest BCUT2D eigenvalue weighted by atomic mass is 16.3. The van der Waals surface area contributed by atoms with E-state index in [0.717, 1.165) is 12.1 Å². The maximum Gasteiger partial charge on any atom is 0.287 e. The highest BCUT2D eigenvalue weighted by molar-refractivity contribution is 6.00. The molecule has 0 saturated carbocycles. The van der Waals surface area contributed by atoms with Crippen LogP contribution in [0, 0.1) is 5.92 Å². The van der Waals surface area contributed by atoms with Gasteiger partial charge in [-0.2, -0.15) is 0 Å². The predicted molar refractivity (Wildman–Crippen MR) is 103 cm³/mol. The number of anilines is 1. The number of aryl methyl sites for hydroxylation is 1. The molecule has 26 heavy (non-hydrogen) atoms. The van der Waals surface area contributed by atoms with E-state index in [2.05, 4.69) is 17.6 Å². The van der Waals surface area contributed by atoms with E-state index in [4.69, 9.17) is 4.42 Å². The van der Waals surface area contributed by atoms with Gasteiger partial charge in [0.05, 0.1) is 6.26 Å². The molecule has 2 N–H and O–H groups in total. The number of hydrogen-bond donors (Lipinski definition) is 2. The minimum absolute atomic E-state index is 0.0535. The van der Waals surface area contributed by atoms with E-state index >= 15 is 0 Å². The first-order chi connectivity index (χ1) is 12.5. The Balaban J connectivity index is 1.95. The normalized spacial score (nSPS) is 12.0. The van der Waals surface area contributed by atoms with Crippen molar-refractivity contribution < 1.29 is 14.0 Å². The van der Waals surface area contributed by atoms with Gasteiger partial charge < -0.3 is 15.1 Å². The summed E-state index contributed by atoms with van der Waals surface area (Å²) >= 11 is 0. The van der Waals surface area contributed by atoms with Gasteiger partial charge in [-0.15, -0.1) is 0 Å². The molecule has 1 atom stereocenters. The largest absolute Gasteiger partial charge is 0.459 e.